The molecule has 1 aliphatic rings. The van der Waals surface area contributed by atoms with Crippen LogP contribution in [0.4, 0.5) is 0 Å². The summed E-state index contributed by atoms with van der Waals surface area (Å²) in [6.45, 7) is 0. The Morgan fingerprint density at radius 3 is 0.955 bits per heavy atom. The third-order valence-electron chi connectivity index (χ3n) is 12.7. The molecule has 0 saturated heterocycles. The fraction of sp³-hybridized carbons (Fsp3) is 0.0164. The van der Waals surface area contributed by atoms with E-state index in [9.17, 15) is 0 Å². The summed E-state index contributed by atoms with van der Waals surface area (Å²) in [5.41, 5.74) is 14.2. The maximum Gasteiger partial charge on any atom is 0.164 e. The highest BCUT2D eigenvalue weighted by Crippen LogP contribution is 2.56. The highest BCUT2D eigenvalue weighted by atomic mass is 15.0. The topological polar surface area (TPSA) is 77.3 Å². The number of hydrogen-bond acceptors (Lipinski definition) is 6. The van der Waals surface area contributed by atoms with Crippen LogP contribution in [-0.4, -0.2) is 29.9 Å². The number of rotatable bonds is 9. The van der Waals surface area contributed by atoms with Gasteiger partial charge in [-0.25, -0.2) is 29.9 Å². The molecule has 12 rings (SSSR count). The molecule has 0 unspecified atom stereocenters. The van der Waals surface area contributed by atoms with E-state index in [1.165, 1.54) is 33.4 Å². The van der Waals surface area contributed by atoms with E-state index >= 15 is 0 Å². The van der Waals surface area contributed by atoms with Crippen LogP contribution in [0.2, 0.25) is 0 Å². The lowest BCUT2D eigenvalue weighted by molar-refractivity contribution is 0.768. The number of hydrogen-bond donors (Lipinski definition) is 0. The predicted octanol–water partition coefficient (Wildman–Crippen LogP) is 14.1. The van der Waals surface area contributed by atoms with Crippen molar-refractivity contribution in [1.29, 1.82) is 0 Å². The minimum atomic E-state index is -0.557. The molecule has 0 fully saturated rings. The summed E-state index contributed by atoms with van der Waals surface area (Å²) in [5.74, 6) is 3.63. The second kappa shape index (κ2) is 16.8. The van der Waals surface area contributed by atoms with Crippen molar-refractivity contribution in [1.82, 2.24) is 29.9 Å². The maximum atomic E-state index is 5.30. The Morgan fingerprint density at radius 2 is 0.522 bits per heavy atom. The predicted molar refractivity (Wildman–Crippen MR) is 269 cm³/mol. The molecule has 67 heavy (non-hydrogen) atoms. The first-order chi connectivity index (χ1) is 33.2. The van der Waals surface area contributed by atoms with Gasteiger partial charge in [0.05, 0.1) is 5.41 Å². The van der Waals surface area contributed by atoms with Crippen molar-refractivity contribution >= 4 is 0 Å². The summed E-state index contributed by atoms with van der Waals surface area (Å²) in [5, 5.41) is 0. The number of benzene rings is 9. The van der Waals surface area contributed by atoms with E-state index in [1.54, 1.807) is 0 Å². The molecule has 6 nitrogen and oxygen atoms in total. The number of aromatic nitrogens is 6. The Kier molecular flexibility index (Phi) is 9.95. The molecule has 314 valence electrons. The van der Waals surface area contributed by atoms with Crippen LogP contribution in [0, 0.1) is 0 Å². The summed E-state index contributed by atoms with van der Waals surface area (Å²) in [6, 6.07) is 84.2. The lowest BCUT2D eigenvalue weighted by atomic mass is 9.67. The Balaban J connectivity index is 0.980. The molecule has 11 aromatic rings. The van der Waals surface area contributed by atoms with E-state index in [-0.39, 0.29) is 0 Å². The molecular formula is C61H40N6. The summed E-state index contributed by atoms with van der Waals surface area (Å²) in [6.07, 6.45) is 0. The van der Waals surface area contributed by atoms with Gasteiger partial charge in [0, 0.05) is 33.4 Å². The summed E-state index contributed by atoms with van der Waals surface area (Å²) >= 11 is 0. The van der Waals surface area contributed by atoms with Gasteiger partial charge in [0.2, 0.25) is 0 Å². The Bertz CT molecular complexity index is 3470. The molecule has 2 heterocycles. The lowest BCUT2D eigenvalue weighted by Crippen LogP contribution is -2.28. The molecule has 0 amide bonds. The normalized spacial score (nSPS) is 12.3. The van der Waals surface area contributed by atoms with Gasteiger partial charge >= 0.3 is 0 Å². The molecule has 0 bridgehead atoms. The van der Waals surface area contributed by atoms with Crippen LogP contribution in [0.3, 0.4) is 0 Å². The molecule has 6 heteroatoms. The van der Waals surface area contributed by atoms with E-state index in [0.29, 0.717) is 34.9 Å². The zero-order chi connectivity index (χ0) is 44.6. The van der Waals surface area contributed by atoms with Crippen LogP contribution in [-0.2, 0) is 5.41 Å². The van der Waals surface area contributed by atoms with Crippen molar-refractivity contribution in [2.24, 2.45) is 0 Å². The molecular weight excluding hydrogens is 817 g/mol. The van der Waals surface area contributed by atoms with E-state index in [2.05, 4.69) is 152 Å². The second-order valence-corrected chi connectivity index (χ2v) is 16.7. The first kappa shape index (κ1) is 39.6. The average molecular weight is 857 g/mol. The smallest absolute Gasteiger partial charge is 0.164 e. The monoisotopic (exact) mass is 856 g/mol. The van der Waals surface area contributed by atoms with Gasteiger partial charge < -0.3 is 0 Å². The Morgan fingerprint density at radius 1 is 0.209 bits per heavy atom. The summed E-state index contributed by atoms with van der Waals surface area (Å²) in [4.78, 5) is 30.6. The molecule has 2 aromatic heterocycles. The van der Waals surface area contributed by atoms with E-state index < -0.39 is 5.41 Å². The molecule has 0 saturated carbocycles. The molecule has 0 N–H and O–H groups in total. The van der Waals surface area contributed by atoms with Crippen LogP contribution in [0.15, 0.2) is 243 Å². The van der Waals surface area contributed by atoms with Gasteiger partial charge in [0.15, 0.2) is 34.9 Å². The first-order valence-electron chi connectivity index (χ1n) is 22.4. The molecule has 9 aromatic carbocycles. The van der Waals surface area contributed by atoms with Crippen LogP contribution >= 0.6 is 0 Å². The minimum absolute atomic E-state index is 0.557. The fourth-order valence-electron chi connectivity index (χ4n) is 9.55. The van der Waals surface area contributed by atoms with Crippen molar-refractivity contribution in [2.45, 2.75) is 5.41 Å². The zero-order valence-corrected chi connectivity index (χ0v) is 36.3. The van der Waals surface area contributed by atoms with Crippen LogP contribution in [0.25, 0.3) is 90.6 Å². The Hall–Kier alpha value is -9.00. The van der Waals surface area contributed by atoms with Gasteiger partial charge in [-0.05, 0) is 62.7 Å². The maximum absolute atomic E-state index is 5.30. The number of fused-ring (bicyclic) bond motifs is 3. The lowest BCUT2D eigenvalue weighted by Gasteiger charge is -2.34. The summed E-state index contributed by atoms with van der Waals surface area (Å²) in [7, 11) is 0. The largest absolute Gasteiger partial charge is 0.208 e. The minimum Gasteiger partial charge on any atom is -0.208 e. The second-order valence-electron chi connectivity index (χ2n) is 16.7. The van der Waals surface area contributed by atoms with Gasteiger partial charge in [-0.3, -0.25) is 0 Å². The van der Waals surface area contributed by atoms with Gasteiger partial charge in [0.25, 0.3) is 0 Å². The SMILES string of the molecule is c1ccc(-c2nc(-c3ccccc3)nc(-c3cccc(-c4cccc(-c5nc(-c6ccccc6)nc(-c6ccc7c(c6)C(c6ccccc6)(c6ccccc6)c6ccccc6-7)n5)c4)c3)n2)cc1. The van der Waals surface area contributed by atoms with E-state index in [1.807, 2.05) is 91.0 Å². The van der Waals surface area contributed by atoms with Crippen molar-refractivity contribution in [2.75, 3.05) is 0 Å². The molecule has 0 aliphatic heterocycles. The average Bonchev–Trinajstić information content (AvgIpc) is 3.72. The van der Waals surface area contributed by atoms with Crippen LogP contribution < -0.4 is 0 Å². The van der Waals surface area contributed by atoms with E-state index in [0.717, 1.165) is 44.5 Å². The first-order valence-corrected chi connectivity index (χ1v) is 22.4. The van der Waals surface area contributed by atoms with E-state index in [4.69, 9.17) is 29.9 Å². The van der Waals surface area contributed by atoms with Gasteiger partial charge in [-0.2, -0.15) is 0 Å². The zero-order valence-electron chi connectivity index (χ0n) is 36.3. The molecule has 0 spiro atoms. The van der Waals surface area contributed by atoms with Crippen molar-refractivity contribution in [3.63, 3.8) is 0 Å². The fourth-order valence-corrected chi connectivity index (χ4v) is 9.55. The van der Waals surface area contributed by atoms with Crippen molar-refractivity contribution in [3.05, 3.63) is 265 Å². The third-order valence-corrected chi connectivity index (χ3v) is 12.7. The highest BCUT2D eigenvalue weighted by molar-refractivity contribution is 5.88. The van der Waals surface area contributed by atoms with Crippen LogP contribution in [0.1, 0.15) is 22.3 Å². The van der Waals surface area contributed by atoms with Gasteiger partial charge in [0.1, 0.15) is 0 Å². The quantitative estimate of drug-likeness (QED) is 0.144. The molecule has 0 radical (unpaired) electrons. The third kappa shape index (κ3) is 7.18. The highest BCUT2D eigenvalue weighted by Gasteiger charge is 2.46. The number of nitrogens with zero attached hydrogens (tertiary/aromatic N) is 6. The van der Waals surface area contributed by atoms with Crippen molar-refractivity contribution < 1.29 is 0 Å². The van der Waals surface area contributed by atoms with Crippen molar-refractivity contribution in [3.8, 4) is 90.6 Å². The Labute approximate surface area is 389 Å². The molecule has 1 aliphatic carbocycles. The van der Waals surface area contributed by atoms with Gasteiger partial charge in [-0.1, -0.05) is 224 Å². The van der Waals surface area contributed by atoms with Gasteiger partial charge in [-0.15, -0.1) is 0 Å². The standard InChI is InChI=1S/C61H40N6/c1-6-20-41(21-7-1)55-62-56(42-22-8-2-9-23-42)64-58(63-55)46-28-18-26-44(38-46)45-27-19-29-47(39-45)59-65-57(43-24-10-3-11-25-43)66-60(67-59)48-36-37-52-51-34-16-17-35-53(51)61(54(52)40-48,49-30-12-4-13-31-49)50-32-14-5-15-33-50/h1-40H. The van der Waals surface area contributed by atoms with Crippen LogP contribution in [0.5, 0.6) is 0 Å². The summed E-state index contributed by atoms with van der Waals surface area (Å²) < 4.78 is 0. The molecule has 0 atom stereocenters.